The molecule has 33 heavy (non-hydrogen) atoms. The average Bonchev–Trinajstić information content (AvgIpc) is 3.06. The highest BCUT2D eigenvalue weighted by Gasteiger charge is 2.12. The number of hydrogen-bond donors (Lipinski definition) is 1. The zero-order valence-electron chi connectivity index (χ0n) is 19.6. The van der Waals surface area contributed by atoms with E-state index in [4.69, 9.17) is 4.74 Å². The molecule has 1 N–H and O–H groups in total. The first-order valence-corrected chi connectivity index (χ1v) is 11.3. The number of esters is 1. The van der Waals surface area contributed by atoms with Crippen LogP contribution in [0.5, 0.6) is 0 Å². The fraction of sp³-hybridized carbons (Fsp3) is 0.346. The number of fused-ring (bicyclic) bond motifs is 1. The van der Waals surface area contributed by atoms with Gasteiger partial charge < -0.3 is 10.1 Å². The van der Waals surface area contributed by atoms with Gasteiger partial charge in [0.1, 0.15) is 0 Å². The molecule has 0 radical (unpaired) electrons. The Morgan fingerprint density at radius 2 is 1.88 bits per heavy atom. The second-order valence-corrected chi connectivity index (χ2v) is 8.11. The van der Waals surface area contributed by atoms with Crippen LogP contribution in [-0.4, -0.2) is 34.5 Å². The van der Waals surface area contributed by atoms with Crippen molar-refractivity contribution in [2.45, 2.75) is 40.2 Å². The smallest absolute Gasteiger partial charge is 0.333 e. The van der Waals surface area contributed by atoms with Crippen molar-refractivity contribution in [2.24, 2.45) is 10.9 Å². The van der Waals surface area contributed by atoms with Crippen molar-refractivity contribution in [3.8, 4) is 0 Å². The van der Waals surface area contributed by atoms with Gasteiger partial charge in [-0.05, 0) is 50.5 Å². The predicted octanol–water partition coefficient (Wildman–Crippen LogP) is 5.09. The Morgan fingerprint density at radius 1 is 1.18 bits per heavy atom. The molecule has 1 atom stereocenters. The van der Waals surface area contributed by atoms with Gasteiger partial charge in [0.2, 0.25) is 0 Å². The third kappa shape index (κ3) is 6.00. The summed E-state index contributed by atoms with van der Waals surface area (Å²) in [6.07, 6.45) is 3.01. The lowest BCUT2D eigenvalue weighted by atomic mass is 10.0. The highest BCUT2D eigenvalue weighted by Crippen LogP contribution is 2.24. The summed E-state index contributed by atoms with van der Waals surface area (Å²) in [6, 6.07) is 15.5. The van der Waals surface area contributed by atoms with Crippen LogP contribution < -0.4 is 11.0 Å². The van der Waals surface area contributed by atoms with E-state index in [1.807, 2.05) is 69.3 Å². The Hall–Kier alpha value is -3.61. The molecule has 0 aliphatic carbocycles. The Morgan fingerprint density at radius 3 is 2.61 bits per heavy atom. The summed E-state index contributed by atoms with van der Waals surface area (Å²) in [5.41, 5.74) is 3.94. The summed E-state index contributed by atoms with van der Waals surface area (Å²) in [7, 11) is 0. The normalized spacial score (nSPS) is 12.2. The van der Waals surface area contributed by atoms with E-state index in [-0.39, 0.29) is 17.6 Å². The first kappa shape index (κ1) is 24.0. The maximum Gasteiger partial charge on any atom is 0.333 e. The van der Waals surface area contributed by atoms with E-state index in [1.54, 1.807) is 15.3 Å². The van der Waals surface area contributed by atoms with Crippen molar-refractivity contribution in [3.05, 3.63) is 65.6 Å². The van der Waals surface area contributed by atoms with E-state index in [2.05, 4.69) is 16.9 Å². The minimum Gasteiger partial charge on any atom is -0.466 e. The molecular weight excluding hydrogens is 416 g/mol. The van der Waals surface area contributed by atoms with Crippen molar-refractivity contribution < 1.29 is 9.53 Å². The van der Waals surface area contributed by atoms with Gasteiger partial charge in [-0.1, -0.05) is 37.8 Å². The van der Waals surface area contributed by atoms with Crippen LogP contribution in [0.15, 0.2) is 64.9 Å². The lowest BCUT2D eigenvalue weighted by Crippen LogP contribution is -2.23. The van der Waals surface area contributed by atoms with E-state index in [0.29, 0.717) is 25.3 Å². The Kier molecular flexibility index (Phi) is 8.24. The van der Waals surface area contributed by atoms with Crippen molar-refractivity contribution in [1.29, 1.82) is 0 Å². The number of benzene rings is 2. The molecule has 1 aromatic heterocycles. The van der Waals surface area contributed by atoms with Crippen molar-refractivity contribution in [3.63, 3.8) is 0 Å². The van der Waals surface area contributed by atoms with Crippen LogP contribution in [0, 0.1) is 5.92 Å². The number of para-hydroxylation sites is 4. The highest BCUT2D eigenvalue weighted by atomic mass is 16.5. The van der Waals surface area contributed by atoms with Crippen LogP contribution in [0.2, 0.25) is 0 Å². The predicted molar refractivity (Wildman–Crippen MR) is 135 cm³/mol. The number of ether oxygens (including phenoxy) is 1. The lowest BCUT2D eigenvalue weighted by molar-refractivity contribution is -0.144. The second-order valence-electron chi connectivity index (χ2n) is 8.11. The zero-order valence-corrected chi connectivity index (χ0v) is 19.6. The molecule has 0 fully saturated rings. The summed E-state index contributed by atoms with van der Waals surface area (Å²) < 4.78 is 8.33. The van der Waals surface area contributed by atoms with Gasteiger partial charge in [0.25, 0.3) is 0 Å². The van der Waals surface area contributed by atoms with Crippen LogP contribution in [0.3, 0.4) is 0 Å². The van der Waals surface area contributed by atoms with E-state index < -0.39 is 0 Å². The number of rotatable bonds is 11. The lowest BCUT2D eigenvalue weighted by Gasteiger charge is -2.13. The van der Waals surface area contributed by atoms with Gasteiger partial charge in [-0.2, -0.15) is 0 Å². The number of aromatic nitrogens is 2. The largest absolute Gasteiger partial charge is 0.466 e. The number of carbonyl (C=O) groups excluding carboxylic acids is 1. The molecule has 7 nitrogen and oxygen atoms in total. The first-order chi connectivity index (χ1) is 15.9. The van der Waals surface area contributed by atoms with Crippen LogP contribution in [0.4, 0.5) is 11.4 Å². The van der Waals surface area contributed by atoms with Crippen molar-refractivity contribution in [2.75, 3.05) is 18.5 Å². The molecule has 0 saturated carbocycles. The zero-order chi connectivity index (χ0) is 23.8. The van der Waals surface area contributed by atoms with E-state index in [0.717, 1.165) is 35.4 Å². The third-order valence-corrected chi connectivity index (χ3v) is 5.39. The Bertz CT molecular complexity index is 1210. The molecule has 1 unspecified atom stereocenters. The molecule has 0 saturated heterocycles. The summed E-state index contributed by atoms with van der Waals surface area (Å²) in [5, 5.41) is 3.41. The third-order valence-electron chi connectivity index (χ3n) is 5.39. The molecule has 1 heterocycles. The van der Waals surface area contributed by atoms with E-state index >= 15 is 0 Å². The van der Waals surface area contributed by atoms with Crippen LogP contribution in [0.25, 0.3) is 16.7 Å². The first-order valence-electron chi connectivity index (χ1n) is 11.3. The molecular formula is C26H32N4O3. The molecule has 0 spiro atoms. The molecule has 0 amide bonds. The van der Waals surface area contributed by atoms with Gasteiger partial charge in [-0.3, -0.25) is 18.9 Å². The van der Waals surface area contributed by atoms with Gasteiger partial charge in [0.15, 0.2) is 0 Å². The summed E-state index contributed by atoms with van der Waals surface area (Å²) in [6.45, 7) is 11.1. The molecule has 3 rings (SSSR count). The Labute approximate surface area is 194 Å². The fourth-order valence-corrected chi connectivity index (χ4v) is 3.77. The fourth-order valence-electron chi connectivity index (χ4n) is 3.77. The van der Waals surface area contributed by atoms with Gasteiger partial charge in [0, 0.05) is 24.9 Å². The number of anilines is 1. The van der Waals surface area contributed by atoms with Crippen molar-refractivity contribution >= 4 is 40.3 Å². The minimum absolute atomic E-state index is 0.128. The standard InChI is InChI=1S/C26H32N4O3/c1-5-33-25(31)18-20(4)14-15-27-21-10-6-7-11-22(21)28-16-17-29-23-12-8-9-13-24(23)30(19(2)3)26(29)32/h6-13,16,20,27H,2,5,14-15,17-18H2,1,3-4H3. The monoisotopic (exact) mass is 448 g/mol. The second kappa shape index (κ2) is 11.3. The maximum absolute atomic E-state index is 12.9. The molecule has 7 heteroatoms. The van der Waals surface area contributed by atoms with Gasteiger partial charge in [-0.25, -0.2) is 4.79 Å². The highest BCUT2D eigenvalue weighted by molar-refractivity contribution is 5.81. The van der Waals surface area contributed by atoms with Crippen LogP contribution >= 0.6 is 0 Å². The topological polar surface area (TPSA) is 77.6 Å². The maximum atomic E-state index is 12.9. The number of imidazole rings is 1. The molecule has 0 bridgehead atoms. The van der Waals surface area contributed by atoms with Crippen molar-refractivity contribution in [1.82, 2.24) is 9.13 Å². The van der Waals surface area contributed by atoms with Crippen LogP contribution in [-0.2, 0) is 16.1 Å². The number of carbonyl (C=O) groups is 1. The minimum atomic E-state index is -0.154. The summed E-state index contributed by atoms with van der Waals surface area (Å²) in [4.78, 5) is 29.2. The number of hydrogen-bond acceptors (Lipinski definition) is 5. The quantitative estimate of drug-likeness (QED) is 0.327. The Balaban J connectivity index is 1.68. The summed E-state index contributed by atoms with van der Waals surface area (Å²) in [5.74, 6) is 0.0722. The van der Waals surface area contributed by atoms with E-state index in [9.17, 15) is 9.59 Å². The number of nitrogens with zero attached hydrogens (tertiary/aromatic N) is 3. The average molecular weight is 449 g/mol. The summed E-state index contributed by atoms with van der Waals surface area (Å²) >= 11 is 0. The SMILES string of the molecule is C=C(C)n1c(=O)n(CC=Nc2ccccc2NCCC(C)CC(=O)OCC)c2ccccc21. The molecule has 3 aromatic rings. The molecule has 0 aliphatic heterocycles. The van der Waals surface area contributed by atoms with Gasteiger partial charge in [-0.15, -0.1) is 0 Å². The van der Waals surface area contributed by atoms with Crippen LogP contribution in [0.1, 0.15) is 33.6 Å². The molecule has 2 aromatic carbocycles. The number of aliphatic imine (C=N–C) groups is 1. The number of allylic oxidation sites excluding steroid dienone is 1. The molecule has 174 valence electrons. The number of nitrogens with one attached hydrogen (secondary N) is 1. The van der Waals surface area contributed by atoms with Gasteiger partial charge >= 0.3 is 11.7 Å². The van der Waals surface area contributed by atoms with E-state index in [1.165, 1.54) is 0 Å². The van der Waals surface area contributed by atoms with Gasteiger partial charge in [0.05, 0.1) is 35.6 Å². The molecule has 0 aliphatic rings.